The van der Waals surface area contributed by atoms with Crippen LogP contribution < -0.4 is 5.32 Å². The van der Waals surface area contributed by atoms with Crippen LogP contribution in [-0.4, -0.2) is 66.0 Å². The second-order valence-corrected chi connectivity index (χ2v) is 9.79. The Morgan fingerprint density at radius 3 is 2.41 bits per heavy atom. The van der Waals surface area contributed by atoms with Crippen molar-refractivity contribution >= 4 is 15.9 Å². The molecule has 1 amide bonds. The molecule has 8 nitrogen and oxygen atoms in total. The molecule has 4 rings (SSSR count). The molecule has 2 aromatic carbocycles. The summed E-state index contributed by atoms with van der Waals surface area (Å²) in [6.45, 7) is 4.33. The van der Waals surface area contributed by atoms with E-state index >= 15 is 0 Å². The number of aromatic nitrogens is 2. The van der Waals surface area contributed by atoms with Crippen molar-refractivity contribution in [2.75, 3.05) is 32.7 Å². The molecule has 9 heteroatoms. The maximum absolute atomic E-state index is 12.8. The predicted octanol–water partition coefficient (Wildman–Crippen LogP) is 1.80. The lowest BCUT2D eigenvalue weighted by Gasteiger charge is -2.33. The van der Waals surface area contributed by atoms with Gasteiger partial charge in [0.2, 0.25) is 15.9 Å². The molecule has 0 aliphatic carbocycles. The number of amides is 1. The number of rotatable bonds is 7. The van der Waals surface area contributed by atoms with E-state index in [1.807, 2.05) is 48.4 Å². The first-order valence-electron chi connectivity index (χ1n) is 10.6. The predicted molar refractivity (Wildman–Crippen MR) is 122 cm³/mol. The lowest BCUT2D eigenvalue weighted by atomic mass is 10.2. The molecule has 32 heavy (non-hydrogen) atoms. The number of piperazine rings is 1. The van der Waals surface area contributed by atoms with Gasteiger partial charge in [-0.15, -0.1) is 0 Å². The maximum Gasteiger partial charge on any atom is 0.243 e. The Kier molecular flexibility index (Phi) is 6.69. The monoisotopic (exact) mass is 453 g/mol. The second kappa shape index (κ2) is 9.64. The van der Waals surface area contributed by atoms with E-state index in [1.165, 1.54) is 4.31 Å². The Labute approximate surface area is 188 Å². The summed E-state index contributed by atoms with van der Waals surface area (Å²) in [6.07, 6.45) is 3.58. The molecule has 1 fully saturated rings. The van der Waals surface area contributed by atoms with Crippen LogP contribution in [0.3, 0.4) is 0 Å². The number of hydrogen-bond donors (Lipinski definition) is 1. The molecule has 1 aliphatic rings. The van der Waals surface area contributed by atoms with Gasteiger partial charge in [0.05, 0.1) is 17.1 Å². The van der Waals surface area contributed by atoms with Crippen molar-refractivity contribution in [3.8, 4) is 5.69 Å². The minimum absolute atomic E-state index is 0.0879. The van der Waals surface area contributed by atoms with E-state index < -0.39 is 10.0 Å². The summed E-state index contributed by atoms with van der Waals surface area (Å²) >= 11 is 0. The summed E-state index contributed by atoms with van der Waals surface area (Å²) < 4.78 is 28.9. The normalized spacial score (nSPS) is 15.5. The third kappa shape index (κ3) is 5.07. The Bertz CT molecular complexity index is 1150. The summed E-state index contributed by atoms with van der Waals surface area (Å²) in [7, 11) is -3.51. The second-order valence-electron chi connectivity index (χ2n) is 7.85. The Morgan fingerprint density at radius 2 is 1.72 bits per heavy atom. The number of hydrogen-bond acceptors (Lipinski definition) is 5. The van der Waals surface area contributed by atoms with Crippen molar-refractivity contribution in [1.29, 1.82) is 0 Å². The Morgan fingerprint density at radius 1 is 1.00 bits per heavy atom. The quantitative estimate of drug-likeness (QED) is 0.590. The van der Waals surface area contributed by atoms with Gasteiger partial charge in [0.15, 0.2) is 0 Å². The van der Waals surface area contributed by atoms with Crippen molar-refractivity contribution in [1.82, 2.24) is 24.3 Å². The molecule has 1 aliphatic heterocycles. The average molecular weight is 454 g/mol. The number of nitrogens with zero attached hydrogens (tertiary/aromatic N) is 4. The molecule has 1 saturated heterocycles. The van der Waals surface area contributed by atoms with E-state index in [2.05, 4.69) is 10.4 Å². The van der Waals surface area contributed by atoms with Crippen LogP contribution >= 0.6 is 0 Å². The van der Waals surface area contributed by atoms with Gasteiger partial charge in [-0.25, -0.2) is 13.1 Å². The number of carbonyl (C=O) groups excluding carboxylic acids is 1. The van der Waals surface area contributed by atoms with E-state index in [0.717, 1.165) is 16.8 Å². The molecule has 0 saturated carbocycles. The molecule has 1 N–H and O–H groups in total. The number of carbonyl (C=O) groups is 1. The van der Waals surface area contributed by atoms with Crippen molar-refractivity contribution in [2.24, 2.45) is 0 Å². The van der Waals surface area contributed by atoms with Crippen LogP contribution in [-0.2, 0) is 21.4 Å². The smallest absolute Gasteiger partial charge is 0.243 e. The molecule has 0 spiro atoms. The van der Waals surface area contributed by atoms with Crippen LogP contribution in [0, 0.1) is 6.92 Å². The van der Waals surface area contributed by atoms with Gasteiger partial charge in [-0.2, -0.15) is 9.40 Å². The van der Waals surface area contributed by atoms with Crippen LogP contribution in [0.25, 0.3) is 5.69 Å². The van der Waals surface area contributed by atoms with Gasteiger partial charge in [0.25, 0.3) is 0 Å². The van der Waals surface area contributed by atoms with Gasteiger partial charge >= 0.3 is 0 Å². The zero-order chi connectivity index (χ0) is 22.6. The maximum atomic E-state index is 12.8. The summed E-state index contributed by atoms with van der Waals surface area (Å²) in [4.78, 5) is 14.8. The fourth-order valence-corrected chi connectivity index (χ4v) is 5.16. The first kappa shape index (κ1) is 22.2. The highest BCUT2D eigenvalue weighted by Gasteiger charge is 2.29. The standard InChI is InChI=1S/C23H27N5O3S/c1-19-7-9-21(10-8-19)32(30,31)27-15-13-26(14-16-27)18-23(29)24-17-20-5-2-3-6-22(20)28-12-4-11-25-28/h2-12H,13-18H2,1H3,(H,24,29). The van der Waals surface area contributed by atoms with Crippen molar-refractivity contribution < 1.29 is 13.2 Å². The van der Waals surface area contributed by atoms with Crippen LogP contribution in [0.2, 0.25) is 0 Å². The number of aryl methyl sites for hydroxylation is 1. The van der Waals surface area contributed by atoms with Gasteiger partial charge < -0.3 is 5.32 Å². The van der Waals surface area contributed by atoms with E-state index in [0.29, 0.717) is 37.6 Å². The Hall–Kier alpha value is -3.01. The summed E-state index contributed by atoms with van der Waals surface area (Å²) in [6, 6.07) is 16.5. The minimum atomic E-state index is -3.51. The van der Waals surface area contributed by atoms with Crippen LogP contribution in [0.4, 0.5) is 0 Å². The number of sulfonamides is 1. The number of benzene rings is 2. The lowest BCUT2D eigenvalue weighted by molar-refractivity contribution is -0.122. The fraction of sp³-hybridized carbons (Fsp3) is 0.304. The van der Waals surface area contributed by atoms with Crippen LogP contribution in [0.15, 0.2) is 71.9 Å². The molecule has 0 bridgehead atoms. The third-order valence-corrected chi connectivity index (χ3v) is 7.49. The topological polar surface area (TPSA) is 87.5 Å². The summed E-state index contributed by atoms with van der Waals surface area (Å²) in [5.74, 6) is -0.0879. The molecule has 3 aromatic rings. The van der Waals surface area contributed by atoms with Crippen molar-refractivity contribution in [2.45, 2.75) is 18.4 Å². The molecule has 168 valence electrons. The number of nitrogens with one attached hydrogen (secondary N) is 1. The van der Waals surface area contributed by atoms with Gasteiger partial charge in [0, 0.05) is 45.1 Å². The zero-order valence-electron chi connectivity index (χ0n) is 18.0. The lowest BCUT2D eigenvalue weighted by Crippen LogP contribution is -2.51. The van der Waals surface area contributed by atoms with Gasteiger partial charge in [-0.3, -0.25) is 9.69 Å². The first-order valence-corrected chi connectivity index (χ1v) is 12.0. The van der Waals surface area contributed by atoms with Crippen molar-refractivity contribution in [3.63, 3.8) is 0 Å². The molecular formula is C23H27N5O3S. The van der Waals surface area contributed by atoms with Crippen LogP contribution in [0.5, 0.6) is 0 Å². The highest BCUT2D eigenvalue weighted by Crippen LogP contribution is 2.18. The molecule has 0 atom stereocenters. The molecule has 0 unspecified atom stereocenters. The van der Waals surface area contributed by atoms with Gasteiger partial charge in [-0.05, 0) is 36.8 Å². The van der Waals surface area contributed by atoms with Crippen LogP contribution in [0.1, 0.15) is 11.1 Å². The van der Waals surface area contributed by atoms with Crippen molar-refractivity contribution in [3.05, 3.63) is 78.1 Å². The highest BCUT2D eigenvalue weighted by atomic mass is 32.2. The van der Waals surface area contributed by atoms with E-state index in [1.54, 1.807) is 35.1 Å². The van der Waals surface area contributed by atoms with E-state index in [9.17, 15) is 13.2 Å². The highest BCUT2D eigenvalue weighted by molar-refractivity contribution is 7.89. The summed E-state index contributed by atoms with van der Waals surface area (Å²) in [5, 5.41) is 7.23. The molecular weight excluding hydrogens is 426 g/mol. The minimum Gasteiger partial charge on any atom is -0.351 e. The molecule has 2 heterocycles. The van der Waals surface area contributed by atoms with Gasteiger partial charge in [0.1, 0.15) is 0 Å². The molecule has 1 aromatic heterocycles. The van der Waals surface area contributed by atoms with Gasteiger partial charge in [-0.1, -0.05) is 35.9 Å². The van der Waals surface area contributed by atoms with E-state index in [4.69, 9.17) is 0 Å². The largest absolute Gasteiger partial charge is 0.351 e. The fourth-order valence-electron chi connectivity index (χ4n) is 3.74. The SMILES string of the molecule is Cc1ccc(S(=O)(=O)N2CCN(CC(=O)NCc3ccccc3-n3cccn3)CC2)cc1. The third-order valence-electron chi connectivity index (χ3n) is 5.58. The Balaban J connectivity index is 1.29. The molecule has 0 radical (unpaired) electrons. The number of para-hydroxylation sites is 1. The summed E-state index contributed by atoms with van der Waals surface area (Å²) in [5.41, 5.74) is 2.92. The first-order chi connectivity index (χ1) is 15.4. The van der Waals surface area contributed by atoms with E-state index in [-0.39, 0.29) is 12.5 Å². The average Bonchev–Trinajstić information content (AvgIpc) is 3.33. The zero-order valence-corrected chi connectivity index (χ0v) is 18.8.